The van der Waals surface area contributed by atoms with Gasteiger partial charge in [-0.25, -0.2) is 0 Å². The molecule has 3 heteroatoms. The molecule has 110 valence electrons. The number of aliphatic hydroxyl groups is 1. The summed E-state index contributed by atoms with van der Waals surface area (Å²) in [4.78, 5) is 0. The zero-order valence-electron chi connectivity index (χ0n) is 12.5. The van der Waals surface area contributed by atoms with Gasteiger partial charge in [0.25, 0.3) is 0 Å². The van der Waals surface area contributed by atoms with E-state index in [2.05, 4.69) is 19.9 Å². The predicted molar refractivity (Wildman–Crippen MR) is 85.2 cm³/mol. The molecule has 21 heavy (non-hydrogen) atoms. The van der Waals surface area contributed by atoms with Crippen LogP contribution in [-0.2, 0) is 5.41 Å². The molecule has 0 spiro atoms. The second kappa shape index (κ2) is 5.04. The Labute approximate surface area is 130 Å². The van der Waals surface area contributed by atoms with Crippen molar-refractivity contribution in [2.75, 3.05) is 6.61 Å². The van der Waals surface area contributed by atoms with E-state index in [1.165, 1.54) is 0 Å². The van der Waals surface area contributed by atoms with Gasteiger partial charge in [0, 0.05) is 16.0 Å². The molecule has 1 aliphatic rings. The molecular formula is C18H19ClO2. The molecule has 0 aliphatic carbocycles. The molecular weight excluding hydrogens is 284 g/mol. The third-order valence-corrected chi connectivity index (χ3v) is 4.56. The molecule has 1 heterocycles. The van der Waals surface area contributed by atoms with E-state index in [9.17, 15) is 5.11 Å². The first-order valence-electron chi connectivity index (χ1n) is 7.10. The number of hydrogen-bond donors (Lipinski definition) is 1. The van der Waals surface area contributed by atoms with Crippen molar-refractivity contribution in [3.05, 3.63) is 63.7 Å². The summed E-state index contributed by atoms with van der Waals surface area (Å²) in [5.41, 5.74) is 3.85. The van der Waals surface area contributed by atoms with Crippen LogP contribution in [0.4, 0.5) is 0 Å². The molecule has 2 nitrogen and oxygen atoms in total. The third kappa shape index (κ3) is 2.54. The lowest BCUT2D eigenvalue weighted by Gasteiger charge is -2.18. The van der Waals surface area contributed by atoms with Crippen LogP contribution in [0.5, 0.6) is 5.75 Å². The normalized spacial score (nSPS) is 17.2. The lowest BCUT2D eigenvalue weighted by Crippen LogP contribution is -2.18. The van der Waals surface area contributed by atoms with Gasteiger partial charge in [0.15, 0.2) is 0 Å². The first-order valence-corrected chi connectivity index (χ1v) is 7.47. The van der Waals surface area contributed by atoms with E-state index in [4.69, 9.17) is 16.3 Å². The van der Waals surface area contributed by atoms with Gasteiger partial charge in [0.05, 0.1) is 6.61 Å². The van der Waals surface area contributed by atoms with Crippen LogP contribution in [0.1, 0.15) is 42.2 Å². The Hall–Kier alpha value is -1.51. The molecule has 0 bridgehead atoms. The van der Waals surface area contributed by atoms with Crippen LogP contribution < -0.4 is 4.74 Å². The molecule has 0 amide bonds. The first kappa shape index (κ1) is 14.4. The van der Waals surface area contributed by atoms with Crippen molar-refractivity contribution in [1.29, 1.82) is 0 Å². The molecule has 2 aromatic carbocycles. The van der Waals surface area contributed by atoms with E-state index in [-0.39, 0.29) is 5.41 Å². The Bertz CT molecular complexity index is 692. The highest BCUT2D eigenvalue weighted by Gasteiger charge is 2.32. The summed E-state index contributed by atoms with van der Waals surface area (Å²) in [6.07, 6.45) is -0.650. The molecule has 0 aromatic heterocycles. The van der Waals surface area contributed by atoms with Gasteiger partial charge in [-0.2, -0.15) is 0 Å². The maximum Gasteiger partial charge on any atom is 0.123 e. The number of fused-ring (bicyclic) bond motifs is 1. The van der Waals surface area contributed by atoms with Crippen molar-refractivity contribution in [3.63, 3.8) is 0 Å². The Kier molecular flexibility index (Phi) is 3.46. The van der Waals surface area contributed by atoms with Gasteiger partial charge >= 0.3 is 0 Å². The zero-order chi connectivity index (χ0) is 15.2. The van der Waals surface area contributed by atoms with Gasteiger partial charge in [-0.3, -0.25) is 0 Å². The van der Waals surface area contributed by atoms with Crippen LogP contribution in [0.25, 0.3) is 0 Å². The summed E-state index contributed by atoms with van der Waals surface area (Å²) < 4.78 is 5.69. The van der Waals surface area contributed by atoms with Crippen molar-refractivity contribution < 1.29 is 9.84 Å². The quantitative estimate of drug-likeness (QED) is 0.891. The van der Waals surface area contributed by atoms with Crippen LogP contribution in [0.3, 0.4) is 0 Å². The van der Waals surface area contributed by atoms with Gasteiger partial charge in [0.1, 0.15) is 11.9 Å². The number of rotatable bonds is 2. The van der Waals surface area contributed by atoms with Gasteiger partial charge < -0.3 is 9.84 Å². The largest absolute Gasteiger partial charge is 0.492 e. The molecule has 1 atom stereocenters. The van der Waals surface area contributed by atoms with Crippen LogP contribution in [0.2, 0.25) is 5.02 Å². The lowest BCUT2D eigenvalue weighted by atomic mass is 9.85. The second-order valence-electron chi connectivity index (χ2n) is 6.34. The van der Waals surface area contributed by atoms with E-state index in [0.717, 1.165) is 33.0 Å². The van der Waals surface area contributed by atoms with Crippen molar-refractivity contribution >= 4 is 11.6 Å². The van der Waals surface area contributed by atoms with E-state index in [0.29, 0.717) is 6.61 Å². The molecule has 0 fully saturated rings. The first-order chi connectivity index (χ1) is 9.88. The SMILES string of the molecule is Cc1cc(C(O)c2ccc3c(c2)C(C)(C)CO3)ccc1Cl. The zero-order valence-corrected chi connectivity index (χ0v) is 13.2. The predicted octanol–water partition coefficient (Wildman–Crippen LogP) is 4.40. The minimum atomic E-state index is -0.650. The monoisotopic (exact) mass is 302 g/mol. The summed E-state index contributed by atoms with van der Waals surface area (Å²) in [5.74, 6) is 0.920. The van der Waals surface area contributed by atoms with Crippen molar-refractivity contribution in [3.8, 4) is 5.75 Å². The van der Waals surface area contributed by atoms with Crippen LogP contribution in [0.15, 0.2) is 36.4 Å². The number of benzene rings is 2. The third-order valence-electron chi connectivity index (χ3n) is 4.13. The molecule has 0 radical (unpaired) electrons. The summed E-state index contributed by atoms with van der Waals surface area (Å²) in [5, 5.41) is 11.3. The number of aliphatic hydroxyl groups excluding tert-OH is 1. The highest BCUT2D eigenvalue weighted by molar-refractivity contribution is 6.31. The summed E-state index contributed by atoms with van der Waals surface area (Å²) in [6, 6.07) is 11.6. The Morgan fingerprint density at radius 3 is 2.52 bits per heavy atom. The van der Waals surface area contributed by atoms with E-state index in [1.54, 1.807) is 0 Å². The van der Waals surface area contributed by atoms with Gasteiger partial charge in [-0.1, -0.05) is 43.6 Å². The summed E-state index contributed by atoms with van der Waals surface area (Å²) >= 11 is 6.05. The fraction of sp³-hybridized carbons (Fsp3) is 0.333. The molecule has 2 aromatic rings. The molecule has 1 aliphatic heterocycles. The highest BCUT2D eigenvalue weighted by Crippen LogP contribution is 2.40. The lowest BCUT2D eigenvalue weighted by molar-refractivity contribution is 0.220. The molecule has 1 N–H and O–H groups in total. The highest BCUT2D eigenvalue weighted by atomic mass is 35.5. The van der Waals surface area contributed by atoms with Crippen LogP contribution in [0, 0.1) is 6.92 Å². The summed E-state index contributed by atoms with van der Waals surface area (Å²) in [7, 11) is 0. The maximum absolute atomic E-state index is 10.6. The van der Waals surface area contributed by atoms with Crippen molar-refractivity contribution in [2.24, 2.45) is 0 Å². The number of aryl methyl sites for hydroxylation is 1. The summed E-state index contributed by atoms with van der Waals surface area (Å²) in [6.45, 7) is 6.93. The van der Waals surface area contributed by atoms with Crippen molar-refractivity contribution in [2.45, 2.75) is 32.3 Å². The second-order valence-corrected chi connectivity index (χ2v) is 6.75. The number of halogens is 1. The van der Waals surface area contributed by atoms with Gasteiger partial charge in [-0.15, -0.1) is 0 Å². The number of ether oxygens (including phenoxy) is 1. The Morgan fingerprint density at radius 1 is 1.14 bits per heavy atom. The smallest absolute Gasteiger partial charge is 0.123 e. The van der Waals surface area contributed by atoms with Gasteiger partial charge in [-0.05, 0) is 41.8 Å². The standard InChI is InChI=1S/C18H19ClO2/c1-11-8-12(4-6-15(11)19)17(20)13-5-7-16-14(9-13)18(2,3)10-21-16/h4-9,17,20H,10H2,1-3H3. The topological polar surface area (TPSA) is 29.5 Å². The fourth-order valence-electron chi connectivity index (χ4n) is 2.74. The molecule has 0 saturated heterocycles. The maximum atomic E-state index is 10.6. The minimum Gasteiger partial charge on any atom is -0.492 e. The average Bonchev–Trinajstić information content (AvgIpc) is 2.76. The minimum absolute atomic E-state index is 0.0129. The van der Waals surface area contributed by atoms with Gasteiger partial charge in [0.2, 0.25) is 0 Å². The van der Waals surface area contributed by atoms with Crippen LogP contribution in [-0.4, -0.2) is 11.7 Å². The molecule has 1 unspecified atom stereocenters. The fourth-order valence-corrected chi connectivity index (χ4v) is 2.86. The van der Waals surface area contributed by atoms with Crippen LogP contribution >= 0.6 is 11.6 Å². The van der Waals surface area contributed by atoms with E-state index >= 15 is 0 Å². The Balaban J connectivity index is 1.99. The number of hydrogen-bond acceptors (Lipinski definition) is 2. The van der Waals surface area contributed by atoms with Crippen molar-refractivity contribution in [1.82, 2.24) is 0 Å². The average molecular weight is 303 g/mol. The Morgan fingerprint density at radius 2 is 1.81 bits per heavy atom. The molecule has 0 saturated carbocycles. The molecule has 3 rings (SSSR count). The van der Waals surface area contributed by atoms with E-state index in [1.807, 2.05) is 37.3 Å². The van der Waals surface area contributed by atoms with E-state index < -0.39 is 6.10 Å².